The van der Waals surface area contributed by atoms with Crippen molar-refractivity contribution in [1.29, 1.82) is 0 Å². The molecule has 1 saturated carbocycles. The first-order valence-corrected chi connectivity index (χ1v) is 12.4. The van der Waals surface area contributed by atoms with Crippen LogP contribution in [-0.4, -0.2) is 83.0 Å². The van der Waals surface area contributed by atoms with Gasteiger partial charge in [0.05, 0.1) is 20.2 Å². The van der Waals surface area contributed by atoms with Crippen LogP contribution < -0.4 is 20.1 Å². The molecular formula is C26H34N4O7. The summed E-state index contributed by atoms with van der Waals surface area (Å²) < 4.78 is 17.0. The predicted molar refractivity (Wildman–Crippen MR) is 134 cm³/mol. The smallest absolute Gasteiger partial charge is 0.411 e. The van der Waals surface area contributed by atoms with E-state index in [1.54, 1.807) is 40.1 Å². The van der Waals surface area contributed by atoms with Crippen molar-refractivity contribution in [2.24, 2.45) is 0 Å². The number of carbonyl (C=O) groups excluding carboxylic acids is 3. The minimum Gasteiger partial charge on any atom is -0.497 e. The molecule has 4 rings (SSSR count). The van der Waals surface area contributed by atoms with E-state index >= 15 is 0 Å². The highest BCUT2D eigenvalue weighted by Gasteiger charge is 2.43. The Kier molecular flexibility index (Phi) is 7.72. The minimum absolute atomic E-state index is 0.0945. The third kappa shape index (κ3) is 6.79. The van der Waals surface area contributed by atoms with Gasteiger partial charge in [-0.2, -0.15) is 0 Å². The lowest BCUT2D eigenvalue weighted by molar-refractivity contribution is -0.130. The van der Waals surface area contributed by atoms with Crippen LogP contribution in [0, 0.1) is 0 Å². The van der Waals surface area contributed by atoms with Gasteiger partial charge in [0, 0.05) is 24.0 Å². The molecule has 3 atom stereocenters. The van der Waals surface area contributed by atoms with E-state index in [1.165, 1.54) is 4.90 Å². The van der Waals surface area contributed by atoms with Crippen LogP contribution in [0.3, 0.4) is 0 Å². The van der Waals surface area contributed by atoms with Crippen molar-refractivity contribution in [3.63, 3.8) is 0 Å². The number of pyridine rings is 1. The summed E-state index contributed by atoms with van der Waals surface area (Å²) in [5.41, 5.74) is -0.760. The van der Waals surface area contributed by atoms with E-state index in [1.807, 2.05) is 18.2 Å². The number of rotatable bonds is 8. The molecule has 1 aromatic carbocycles. The molecule has 37 heavy (non-hydrogen) atoms. The lowest BCUT2D eigenvalue weighted by Gasteiger charge is -2.28. The highest BCUT2D eigenvalue weighted by molar-refractivity contribution is 5.89. The van der Waals surface area contributed by atoms with Gasteiger partial charge in [-0.3, -0.25) is 14.5 Å². The Hall–Kier alpha value is -3.60. The Bertz CT molecular complexity index is 1160. The largest absolute Gasteiger partial charge is 0.497 e. The van der Waals surface area contributed by atoms with Gasteiger partial charge in [-0.1, -0.05) is 0 Å². The molecule has 0 bridgehead atoms. The SMILES string of the molecule is COc1ccc2c(O[C@@H]3CC(C(=O)NCC(O)C(=O)NC4CC4)N(C(=O)OC(C)(C)C)C3)nccc2c1. The number of aliphatic hydroxyl groups excluding tert-OH is 1. The molecule has 1 aliphatic carbocycles. The van der Waals surface area contributed by atoms with Gasteiger partial charge in [0.25, 0.3) is 5.91 Å². The molecule has 2 aliphatic rings. The van der Waals surface area contributed by atoms with Crippen molar-refractivity contribution < 1.29 is 33.7 Å². The number of nitrogens with one attached hydrogen (secondary N) is 2. The normalized spacial score (nSPS) is 20.3. The maximum absolute atomic E-state index is 13.1. The summed E-state index contributed by atoms with van der Waals surface area (Å²) in [6, 6.07) is 6.54. The van der Waals surface area contributed by atoms with Gasteiger partial charge in [0.15, 0.2) is 0 Å². The number of aromatic nitrogens is 1. The number of hydrogen-bond acceptors (Lipinski definition) is 8. The zero-order valence-electron chi connectivity index (χ0n) is 21.5. The standard InChI is InChI=1S/C26H34N4O7/c1-26(2,3)37-25(34)30-14-18(36-24-19-8-7-17(35-4)11-15(19)9-10-27-24)12-20(30)22(32)28-13-21(31)23(33)29-16-5-6-16/h7-11,16,18,20-21,31H,5-6,12-14H2,1-4H3,(H,28,32)(H,29,33)/t18-,20?,21?/m1/s1. The highest BCUT2D eigenvalue weighted by atomic mass is 16.6. The first-order valence-electron chi connectivity index (χ1n) is 12.4. The van der Waals surface area contributed by atoms with Crippen molar-refractivity contribution in [3.05, 3.63) is 30.5 Å². The fraction of sp³-hybridized carbons (Fsp3) is 0.538. The molecule has 1 saturated heterocycles. The number of ether oxygens (including phenoxy) is 3. The second-order valence-corrected chi connectivity index (χ2v) is 10.4. The lowest BCUT2D eigenvalue weighted by Crippen LogP contribution is -2.50. The average molecular weight is 515 g/mol. The molecule has 200 valence electrons. The molecular weight excluding hydrogens is 480 g/mol. The van der Waals surface area contributed by atoms with Crippen molar-refractivity contribution in [2.45, 2.75) is 69.9 Å². The second-order valence-electron chi connectivity index (χ2n) is 10.4. The number of aliphatic hydroxyl groups is 1. The van der Waals surface area contributed by atoms with Crippen LogP contribution in [0.4, 0.5) is 4.79 Å². The van der Waals surface area contributed by atoms with E-state index in [9.17, 15) is 19.5 Å². The Labute approximate surface area is 215 Å². The Morgan fingerprint density at radius 3 is 2.65 bits per heavy atom. The maximum atomic E-state index is 13.1. The summed E-state index contributed by atoms with van der Waals surface area (Å²) in [6.07, 6.45) is 1.01. The fourth-order valence-corrected chi connectivity index (χ4v) is 4.09. The molecule has 3 N–H and O–H groups in total. The van der Waals surface area contributed by atoms with E-state index in [-0.39, 0.29) is 25.6 Å². The monoisotopic (exact) mass is 514 g/mol. The van der Waals surface area contributed by atoms with Crippen molar-refractivity contribution in [2.75, 3.05) is 20.2 Å². The summed E-state index contributed by atoms with van der Waals surface area (Å²) in [5, 5.41) is 17.1. The van der Waals surface area contributed by atoms with Gasteiger partial charge >= 0.3 is 6.09 Å². The molecule has 2 unspecified atom stereocenters. The molecule has 0 spiro atoms. The van der Waals surface area contributed by atoms with E-state index < -0.39 is 41.8 Å². The summed E-state index contributed by atoms with van der Waals surface area (Å²) in [5.74, 6) is 0.0396. The van der Waals surface area contributed by atoms with E-state index in [0.717, 1.165) is 23.6 Å². The van der Waals surface area contributed by atoms with Gasteiger partial charge in [0.2, 0.25) is 11.8 Å². The van der Waals surface area contributed by atoms with Crippen LogP contribution in [0.1, 0.15) is 40.0 Å². The minimum atomic E-state index is -1.38. The van der Waals surface area contributed by atoms with Crippen LogP contribution >= 0.6 is 0 Å². The van der Waals surface area contributed by atoms with Gasteiger partial charge < -0.3 is 30.0 Å². The van der Waals surface area contributed by atoms with Crippen molar-refractivity contribution in [3.8, 4) is 11.6 Å². The first kappa shape index (κ1) is 26.5. The van der Waals surface area contributed by atoms with E-state index in [2.05, 4.69) is 15.6 Å². The molecule has 2 heterocycles. The number of hydrogen-bond donors (Lipinski definition) is 3. The third-order valence-corrected chi connectivity index (χ3v) is 6.10. The molecule has 2 fully saturated rings. The van der Waals surface area contributed by atoms with Crippen molar-refractivity contribution in [1.82, 2.24) is 20.5 Å². The third-order valence-electron chi connectivity index (χ3n) is 6.10. The van der Waals surface area contributed by atoms with Gasteiger partial charge in [-0.05, 0) is 63.3 Å². The quantitative estimate of drug-likeness (QED) is 0.484. The van der Waals surface area contributed by atoms with Gasteiger partial charge in [0.1, 0.15) is 29.6 Å². The van der Waals surface area contributed by atoms with Crippen LogP contribution in [0.2, 0.25) is 0 Å². The fourth-order valence-electron chi connectivity index (χ4n) is 4.09. The Morgan fingerprint density at radius 2 is 1.97 bits per heavy atom. The number of benzene rings is 1. The number of likely N-dealkylation sites (tertiary alicyclic amines) is 1. The molecule has 11 nitrogen and oxygen atoms in total. The van der Waals surface area contributed by atoms with Gasteiger partial charge in [-0.25, -0.2) is 9.78 Å². The molecule has 11 heteroatoms. The Morgan fingerprint density at radius 1 is 1.22 bits per heavy atom. The molecule has 3 amide bonds. The number of amides is 3. The summed E-state index contributed by atoms with van der Waals surface area (Å²) in [7, 11) is 1.59. The number of carbonyl (C=O) groups is 3. The Balaban J connectivity index is 1.47. The average Bonchev–Trinajstić information content (AvgIpc) is 3.56. The molecule has 2 aromatic rings. The maximum Gasteiger partial charge on any atom is 0.411 e. The summed E-state index contributed by atoms with van der Waals surface area (Å²) in [6.45, 7) is 5.06. The number of methoxy groups -OCH3 is 1. The van der Waals surface area contributed by atoms with E-state index in [0.29, 0.717) is 11.6 Å². The number of fused-ring (bicyclic) bond motifs is 1. The lowest BCUT2D eigenvalue weighted by atomic mass is 10.1. The molecule has 1 aliphatic heterocycles. The van der Waals surface area contributed by atoms with E-state index in [4.69, 9.17) is 14.2 Å². The summed E-state index contributed by atoms with van der Waals surface area (Å²) >= 11 is 0. The predicted octanol–water partition coefficient (Wildman–Crippen LogP) is 1.76. The van der Waals surface area contributed by atoms with Crippen molar-refractivity contribution >= 4 is 28.7 Å². The zero-order chi connectivity index (χ0) is 26.7. The first-order chi connectivity index (χ1) is 17.5. The molecule has 1 aromatic heterocycles. The highest BCUT2D eigenvalue weighted by Crippen LogP contribution is 2.30. The van der Waals surface area contributed by atoms with Crippen LogP contribution in [0.15, 0.2) is 30.5 Å². The number of nitrogens with zero attached hydrogens (tertiary/aromatic N) is 2. The zero-order valence-corrected chi connectivity index (χ0v) is 21.5. The van der Waals surface area contributed by atoms with Gasteiger partial charge in [-0.15, -0.1) is 0 Å². The van der Waals surface area contributed by atoms with Crippen LogP contribution in [0.5, 0.6) is 11.6 Å². The molecule has 0 radical (unpaired) electrons. The van der Waals surface area contributed by atoms with Crippen LogP contribution in [-0.2, 0) is 14.3 Å². The summed E-state index contributed by atoms with van der Waals surface area (Å²) in [4.78, 5) is 43.7. The van der Waals surface area contributed by atoms with Crippen LogP contribution in [0.25, 0.3) is 10.8 Å². The second kappa shape index (κ2) is 10.8. The topological polar surface area (TPSA) is 139 Å².